The van der Waals surface area contributed by atoms with Gasteiger partial charge in [0.2, 0.25) is 0 Å². The van der Waals surface area contributed by atoms with Crippen molar-refractivity contribution < 1.29 is 9.53 Å². The van der Waals surface area contributed by atoms with Gasteiger partial charge < -0.3 is 15.0 Å². The molecule has 2 aromatic heterocycles. The predicted octanol–water partition coefficient (Wildman–Crippen LogP) is 2.14. The van der Waals surface area contributed by atoms with Crippen molar-refractivity contribution in [3.63, 3.8) is 0 Å². The summed E-state index contributed by atoms with van der Waals surface area (Å²) in [5, 5.41) is 13.7. The number of hydrogen-bond donors (Lipinski definition) is 2. The highest BCUT2D eigenvalue weighted by atomic mass is 32.1. The molecule has 2 N–H and O–H groups in total. The Bertz CT molecular complexity index is 570. The number of ether oxygens (including phenoxy) is 1. The van der Waals surface area contributed by atoms with E-state index in [1.54, 1.807) is 17.5 Å². The number of thiophene rings is 1. The first-order chi connectivity index (χ1) is 10.2. The maximum Gasteiger partial charge on any atom is 0.317 e. The quantitative estimate of drug-likeness (QED) is 0.913. The zero-order valence-corrected chi connectivity index (χ0v) is 12.6. The lowest BCUT2D eigenvalue weighted by molar-refractivity contribution is -0.0655. The summed E-state index contributed by atoms with van der Waals surface area (Å²) in [6.07, 6.45) is 1.66. The zero-order chi connectivity index (χ0) is 14.7. The Morgan fingerprint density at radius 1 is 1.57 bits per heavy atom. The summed E-state index contributed by atoms with van der Waals surface area (Å²) in [6.45, 7) is 3.63. The molecule has 2 amide bonds. The minimum absolute atomic E-state index is 0.0292. The lowest BCUT2D eigenvalue weighted by Crippen LogP contribution is -2.49. The van der Waals surface area contributed by atoms with Gasteiger partial charge in [0.1, 0.15) is 6.10 Å². The molecule has 0 spiro atoms. The van der Waals surface area contributed by atoms with E-state index in [0.29, 0.717) is 19.6 Å². The van der Waals surface area contributed by atoms with E-state index in [0.717, 1.165) is 11.3 Å². The van der Waals surface area contributed by atoms with Gasteiger partial charge in [0.15, 0.2) is 0 Å². The van der Waals surface area contributed by atoms with Crippen molar-refractivity contribution in [2.24, 2.45) is 0 Å². The molecule has 3 rings (SSSR count). The molecule has 3 heterocycles. The molecule has 0 bridgehead atoms. The second-order valence-corrected chi connectivity index (χ2v) is 5.92. The summed E-state index contributed by atoms with van der Waals surface area (Å²) in [6, 6.07) is 3.82. The molecule has 1 aliphatic rings. The Labute approximate surface area is 127 Å². The van der Waals surface area contributed by atoms with Gasteiger partial charge in [-0.1, -0.05) is 0 Å². The van der Waals surface area contributed by atoms with Crippen molar-refractivity contribution in [1.82, 2.24) is 20.4 Å². The van der Waals surface area contributed by atoms with Gasteiger partial charge in [-0.15, -0.1) is 0 Å². The van der Waals surface area contributed by atoms with E-state index in [9.17, 15) is 4.79 Å². The molecular weight excluding hydrogens is 288 g/mol. The number of hydrogen-bond acceptors (Lipinski definition) is 4. The molecule has 0 saturated carbocycles. The van der Waals surface area contributed by atoms with Gasteiger partial charge in [-0.05, 0) is 35.4 Å². The molecule has 2 aromatic rings. The minimum atomic E-state index is -0.0695. The number of aromatic amines is 1. The molecule has 0 aromatic carbocycles. The molecule has 7 heteroatoms. The number of carbonyl (C=O) groups excluding carboxylic acids is 1. The van der Waals surface area contributed by atoms with Crippen LogP contribution >= 0.6 is 11.3 Å². The summed E-state index contributed by atoms with van der Waals surface area (Å²) in [4.78, 5) is 14.1. The van der Waals surface area contributed by atoms with Crippen LogP contribution in [0.2, 0.25) is 0 Å². The molecule has 2 atom stereocenters. The van der Waals surface area contributed by atoms with E-state index in [1.165, 1.54) is 0 Å². The number of carbonyl (C=O) groups is 1. The van der Waals surface area contributed by atoms with Crippen LogP contribution in [0.4, 0.5) is 4.79 Å². The fourth-order valence-electron chi connectivity index (χ4n) is 2.43. The number of nitrogens with zero attached hydrogens (tertiary/aromatic N) is 2. The van der Waals surface area contributed by atoms with Crippen LogP contribution < -0.4 is 5.32 Å². The maximum absolute atomic E-state index is 12.3. The van der Waals surface area contributed by atoms with Gasteiger partial charge in [0.25, 0.3) is 0 Å². The van der Waals surface area contributed by atoms with E-state index >= 15 is 0 Å². The van der Waals surface area contributed by atoms with Crippen molar-refractivity contribution in [3.05, 3.63) is 40.3 Å². The number of morpholine rings is 1. The Morgan fingerprint density at radius 3 is 3.19 bits per heavy atom. The standard InChI is InChI=1S/C14H18N4O2S/c1-10-7-18(8-13(20-10)11-3-5-21-9-11)14(19)15-6-12-2-4-16-17-12/h2-5,9-10,13H,6-8H2,1H3,(H,15,19)(H,16,17)/t10-,13+/m0/s1. The number of amides is 2. The SMILES string of the molecule is C[C@H]1CN(C(=O)NCc2ccn[nH]2)C[C@H](c2ccsc2)O1. The third-order valence-corrected chi connectivity index (χ3v) is 4.15. The third-order valence-electron chi connectivity index (χ3n) is 3.45. The number of urea groups is 1. The van der Waals surface area contributed by atoms with Crippen molar-refractivity contribution >= 4 is 17.4 Å². The number of nitrogens with one attached hydrogen (secondary N) is 2. The van der Waals surface area contributed by atoms with Crippen LogP contribution in [0.1, 0.15) is 24.3 Å². The van der Waals surface area contributed by atoms with Gasteiger partial charge in [0, 0.05) is 12.7 Å². The number of H-pyrrole nitrogens is 1. The molecule has 112 valence electrons. The normalized spacial score (nSPS) is 22.2. The summed E-state index contributed by atoms with van der Waals surface area (Å²) in [5.74, 6) is 0. The molecule has 0 radical (unpaired) electrons. The monoisotopic (exact) mass is 306 g/mol. The maximum atomic E-state index is 12.3. The molecule has 1 saturated heterocycles. The summed E-state index contributed by atoms with van der Waals surface area (Å²) < 4.78 is 5.93. The van der Waals surface area contributed by atoms with Crippen LogP contribution in [0.3, 0.4) is 0 Å². The van der Waals surface area contributed by atoms with Crippen molar-refractivity contribution in [1.29, 1.82) is 0 Å². The van der Waals surface area contributed by atoms with E-state index in [4.69, 9.17) is 4.74 Å². The van der Waals surface area contributed by atoms with Crippen LogP contribution in [0.5, 0.6) is 0 Å². The van der Waals surface area contributed by atoms with Gasteiger partial charge in [-0.3, -0.25) is 5.10 Å². The molecule has 1 fully saturated rings. The third kappa shape index (κ3) is 3.43. The molecule has 0 unspecified atom stereocenters. The van der Waals surface area contributed by atoms with Crippen LogP contribution in [-0.4, -0.2) is 40.3 Å². The van der Waals surface area contributed by atoms with Crippen molar-refractivity contribution in [3.8, 4) is 0 Å². The Balaban J connectivity index is 1.60. The Hall–Kier alpha value is -1.86. The van der Waals surface area contributed by atoms with E-state index in [1.807, 2.05) is 29.3 Å². The highest BCUT2D eigenvalue weighted by Gasteiger charge is 2.29. The van der Waals surface area contributed by atoms with E-state index in [-0.39, 0.29) is 18.2 Å². The fourth-order valence-corrected chi connectivity index (χ4v) is 3.13. The lowest BCUT2D eigenvalue weighted by atomic mass is 10.1. The molecular formula is C14H18N4O2S. The van der Waals surface area contributed by atoms with Crippen molar-refractivity contribution in [2.75, 3.05) is 13.1 Å². The summed E-state index contributed by atoms with van der Waals surface area (Å²) in [5.41, 5.74) is 2.02. The first-order valence-corrected chi connectivity index (χ1v) is 7.85. The van der Waals surface area contributed by atoms with Gasteiger partial charge >= 0.3 is 6.03 Å². The molecule has 6 nitrogen and oxygen atoms in total. The average Bonchev–Trinajstić information content (AvgIpc) is 3.17. The van der Waals surface area contributed by atoms with Crippen LogP contribution in [0, 0.1) is 0 Å². The van der Waals surface area contributed by atoms with Crippen LogP contribution in [0.15, 0.2) is 29.1 Å². The molecule has 21 heavy (non-hydrogen) atoms. The average molecular weight is 306 g/mol. The summed E-state index contributed by atoms with van der Waals surface area (Å²) in [7, 11) is 0. The predicted molar refractivity (Wildman–Crippen MR) is 80.0 cm³/mol. The second kappa shape index (κ2) is 6.28. The number of aromatic nitrogens is 2. The highest BCUT2D eigenvalue weighted by Crippen LogP contribution is 2.26. The first kappa shape index (κ1) is 14.1. The Kier molecular flexibility index (Phi) is 4.21. The largest absolute Gasteiger partial charge is 0.367 e. The lowest BCUT2D eigenvalue weighted by Gasteiger charge is -2.36. The minimum Gasteiger partial charge on any atom is -0.367 e. The topological polar surface area (TPSA) is 70.2 Å². The highest BCUT2D eigenvalue weighted by molar-refractivity contribution is 7.07. The van der Waals surface area contributed by atoms with E-state index < -0.39 is 0 Å². The van der Waals surface area contributed by atoms with Crippen LogP contribution in [0.25, 0.3) is 0 Å². The first-order valence-electron chi connectivity index (χ1n) is 6.91. The Morgan fingerprint density at radius 2 is 2.48 bits per heavy atom. The fraction of sp³-hybridized carbons (Fsp3) is 0.429. The van der Waals surface area contributed by atoms with Gasteiger partial charge in [0.05, 0.1) is 24.9 Å². The van der Waals surface area contributed by atoms with Gasteiger partial charge in [-0.25, -0.2) is 4.79 Å². The molecule has 1 aliphatic heterocycles. The van der Waals surface area contributed by atoms with Gasteiger partial charge in [-0.2, -0.15) is 16.4 Å². The summed E-state index contributed by atoms with van der Waals surface area (Å²) >= 11 is 1.64. The van der Waals surface area contributed by atoms with Crippen LogP contribution in [-0.2, 0) is 11.3 Å². The zero-order valence-electron chi connectivity index (χ0n) is 11.8. The second-order valence-electron chi connectivity index (χ2n) is 5.14. The number of rotatable bonds is 3. The smallest absolute Gasteiger partial charge is 0.317 e. The van der Waals surface area contributed by atoms with E-state index in [2.05, 4.69) is 20.9 Å². The molecule has 0 aliphatic carbocycles. The van der Waals surface area contributed by atoms with Crippen molar-refractivity contribution in [2.45, 2.75) is 25.7 Å².